The van der Waals surface area contributed by atoms with Crippen LogP contribution < -0.4 is 5.73 Å². The molecule has 1 atom stereocenters. The van der Waals surface area contributed by atoms with E-state index < -0.39 is 6.04 Å². The summed E-state index contributed by atoms with van der Waals surface area (Å²) in [5.74, 6) is 0.794. The predicted octanol–water partition coefficient (Wildman–Crippen LogP) is 2.52. The van der Waals surface area contributed by atoms with Crippen LogP contribution in [0.5, 0.6) is 0 Å². The molecule has 1 amide bonds. The summed E-state index contributed by atoms with van der Waals surface area (Å²) < 4.78 is 5.34. The van der Waals surface area contributed by atoms with E-state index >= 15 is 0 Å². The van der Waals surface area contributed by atoms with Crippen LogP contribution in [0.3, 0.4) is 0 Å². The molecule has 0 spiro atoms. The number of rotatable bonds is 5. The highest BCUT2D eigenvalue weighted by Crippen LogP contribution is 2.20. The predicted molar refractivity (Wildman–Crippen MR) is 88.5 cm³/mol. The summed E-state index contributed by atoms with van der Waals surface area (Å²) in [4.78, 5) is 14.2. The van der Waals surface area contributed by atoms with Crippen molar-refractivity contribution >= 4 is 5.91 Å². The number of carbonyl (C=O) groups is 1. The highest BCUT2D eigenvalue weighted by Gasteiger charge is 2.28. The van der Waals surface area contributed by atoms with Crippen molar-refractivity contribution in [2.24, 2.45) is 11.7 Å². The number of carbonyl (C=O) groups excluding carboxylic acids is 1. The van der Waals surface area contributed by atoms with Gasteiger partial charge < -0.3 is 15.4 Å². The van der Waals surface area contributed by atoms with Crippen LogP contribution in [0.2, 0.25) is 0 Å². The largest absolute Gasteiger partial charge is 0.381 e. The first kappa shape index (κ1) is 17.0. The van der Waals surface area contributed by atoms with E-state index in [0.717, 1.165) is 18.4 Å². The maximum absolute atomic E-state index is 12.5. The third-order valence-electron chi connectivity index (χ3n) is 4.50. The van der Waals surface area contributed by atoms with Gasteiger partial charge in [-0.25, -0.2) is 0 Å². The molecule has 22 heavy (non-hydrogen) atoms. The summed E-state index contributed by atoms with van der Waals surface area (Å²) in [7, 11) is 1.83. The second-order valence-corrected chi connectivity index (χ2v) is 6.57. The molecule has 0 saturated carbocycles. The van der Waals surface area contributed by atoms with Gasteiger partial charge in [0.05, 0.1) is 6.04 Å². The Balaban J connectivity index is 1.92. The Labute approximate surface area is 133 Å². The Morgan fingerprint density at radius 3 is 2.41 bits per heavy atom. The van der Waals surface area contributed by atoms with E-state index in [-0.39, 0.29) is 11.8 Å². The van der Waals surface area contributed by atoms with Crippen molar-refractivity contribution in [1.29, 1.82) is 0 Å². The number of hydrogen-bond acceptors (Lipinski definition) is 3. The van der Waals surface area contributed by atoms with Crippen LogP contribution in [-0.4, -0.2) is 37.1 Å². The zero-order valence-corrected chi connectivity index (χ0v) is 13.9. The molecule has 4 nitrogen and oxygen atoms in total. The summed E-state index contributed by atoms with van der Waals surface area (Å²) in [6.07, 6.45) is 1.76. The molecule has 1 aliphatic heterocycles. The number of likely N-dealkylation sites (N-methyl/N-ethyl adjacent to an activating group) is 1. The molecule has 2 N–H and O–H groups in total. The monoisotopic (exact) mass is 304 g/mol. The van der Waals surface area contributed by atoms with Crippen molar-refractivity contribution in [2.45, 2.75) is 45.2 Å². The van der Waals surface area contributed by atoms with Gasteiger partial charge in [-0.3, -0.25) is 4.79 Å². The van der Waals surface area contributed by atoms with Crippen LogP contribution in [0.4, 0.5) is 0 Å². The Morgan fingerprint density at radius 1 is 1.27 bits per heavy atom. The van der Waals surface area contributed by atoms with E-state index in [2.05, 4.69) is 38.1 Å². The average molecular weight is 304 g/mol. The first-order valence-electron chi connectivity index (χ1n) is 8.16. The number of nitrogens with zero attached hydrogens (tertiary/aromatic N) is 1. The van der Waals surface area contributed by atoms with Crippen LogP contribution in [0, 0.1) is 5.92 Å². The van der Waals surface area contributed by atoms with E-state index in [0.29, 0.717) is 25.7 Å². The van der Waals surface area contributed by atoms with Gasteiger partial charge in [-0.15, -0.1) is 0 Å². The second kappa shape index (κ2) is 7.75. The Bertz CT molecular complexity index is 478. The number of nitrogens with two attached hydrogens (primary N) is 1. The van der Waals surface area contributed by atoms with Crippen molar-refractivity contribution < 1.29 is 9.53 Å². The van der Waals surface area contributed by atoms with E-state index in [1.165, 1.54) is 5.56 Å². The highest BCUT2D eigenvalue weighted by molar-refractivity contribution is 5.81. The zero-order valence-electron chi connectivity index (χ0n) is 13.9. The molecule has 1 fully saturated rings. The van der Waals surface area contributed by atoms with Gasteiger partial charge in [0.15, 0.2) is 0 Å². The third-order valence-corrected chi connectivity index (χ3v) is 4.50. The van der Waals surface area contributed by atoms with Gasteiger partial charge in [0.2, 0.25) is 5.91 Å². The van der Waals surface area contributed by atoms with Gasteiger partial charge in [-0.2, -0.15) is 0 Å². The van der Waals surface area contributed by atoms with Crippen molar-refractivity contribution in [3.05, 3.63) is 35.4 Å². The van der Waals surface area contributed by atoms with Gasteiger partial charge in [-0.1, -0.05) is 38.1 Å². The smallest absolute Gasteiger partial charge is 0.239 e. The first-order chi connectivity index (χ1) is 10.5. The van der Waals surface area contributed by atoms with E-state index in [1.807, 2.05) is 7.05 Å². The van der Waals surface area contributed by atoms with Crippen LogP contribution in [-0.2, 0) is 16.1 Å². The first-order valence-corrected chi connectivity index (χ1v) is 8.16. The summed E-state index contributed by atoms with van der Waals surface area (Å²) in [6, 6.07) is 8.05. The number of hydrogen-bond donors (Lipinski definition) is 1. The average Bonchev–Trinajstić information content (AvgIpc) is 2.54. The lowest BCUT2D eigenvalue weighted by molar-refractivity contribution is -0.133. The van der Waals surface area contributed by atoms with Crippen LogP contribution in [0.1, 0.15) is 43.7 Å². The molecule has 122 valence electrons. The molecule has 2 rings (SSSR count). The fraction of sp³-hybridized carbons (Fsp3) is 0.611. The van der Waals surface area contributed by atoms with E-state index in [4.69, 9.17) is 10.5 Å². The van der Waals surface area contributed by atoms with Crippen molar-refractivity contribution in [1.82, 2.24) is 4.90 Å². The van der Waals surface area contributed by atoms with E-state index in [1.54, 1.807) is 4.90 Å². The van der Waals surface area contributed by atoms with Gasteiger partial charge in [0.1, 0.15) is 0 Å². The van der Waals surface area contributed by atoms with Crippen molar-refractivity contribution in [3.8, 4) is 0 Å². The summed E-state index contributed by atoms with van der Waals surface area (Å²) in [6.45, 7) is 6.39. The van der Waals surface area contributed by atoms with Gasteiger partial charge in [0.25, 0.3) is 0 Å². The van der Waals surface area contributed by atoms with Crippen molar-refractivity contribution in [3.63, 3.8) is 0 Å². The maximum atomic E-state index is 12.5. The molecule has 0 bridgehead atoms. The number of ether oxygens (including phenoxy) is 1. The topological polar surface area (TPSA) is 55.6 Å². The molecule has 4 heteroatoms. The molecule has 1 aromatic rings. The Kier molecular flexibility index (Phi) is 5.98. The number of benzene rings is 1. The SMILES string of the molecule is CC(C)c1ccc(CN(C)C(=O)C(N)C2CCOCC2)cc1. The molecular weight excluding hydrogens is 276 g/mol. The standard InChI is InChI=1S/C18H28N2O2/c1-13(2)15-6-4-14(5-7-15)12-20(3)18(21)17(19)16-8-10-22-11-9-16/h4-7,13,16-17H,8-12,19H2,1-3H3. The second-order valence-electron chi connectivity index (χ2n) is 6.57. The molecule has 0 radical (unpaired) electrons. The molecule has 1 saturated heterocycles. The molecule has 0 aliphatic carbocycles. The number of amides is 1. The maximum Gasteiger partial charge on any atom is 0.239 e. The third kappa shape index (κ3) is 4.31. The minimum absolute atomic E-state index is 0.0276. The quantitative estimate of drug-likeness (QED) is 0.909. The molecular formula is C18H28N2O2. The highest BCUT2D eigenvalue weighted by atomic mass is 16.5. The zero-order chi connectivity index (χ0) is 16.1. The lowest BCUT2D eigenvalue weighted by Crippen LogP contribution is -2.47. The van der Waals surface area contributed by atoms with E-state index in [9.17, 15) is 4.79 Å². The Hall–Kier alpha value is -1.39. The molecule has 1 aliphatic rings. The minimum Gasteiger partial charge on any atom is -0.381 e. The molecule has 1 aromatic carbocycles. The molecule has 1 unspecified atom stereocenters. The normalized spacial score (nSPS) is 17.5. The van der Waals surface area contributed by atoms with Gasteiger partial charge in [0, 0.05) is 26.8 Å². The van der Waals surface area contributed by atoms with Crippen LogP contribution >= 0.6 is 0 Å². The fourth-order valence-electron chi connectivity index (χ4n) is 2.89. The van der Waals surface area contributed by atoms with Gasteiger partial charge in [-0.05, 0) is 35.8 Å². The fourth-order valence-corrected chi connectivity index (χ4v) is 2.89. The van der Waals surface area contributed by atoms with Crippen LogP contribution in [0.15, 0.2) is 24.3 Å². The van der Waals surface area contributed by atoms with Gasteiger partial charge >= 0.3 is 0 Å². The molecule has 1 heterocycles. The molecule has 0 aromatic heterocycles. The Morgan fingerprint density at radius 2 is 1.86 bits per heavy atom. The summed E-state index contributed by atoms with van der Waals surface area (Å²) in [5.41, 5.74) is 8.62. The van der Waals surface area contributed by atoms with Crippen molar-refractivity contribution in [2.75, 3.05) is 20.3 Å². The van der Waals surface area contributed by atoms with Crippen LogP contribution in [0.25, 0.3) is 0 Å². The summed E-state index contributed by atoms with van der Waals surface area (Å²) in [5, 5.41) is 0. The lowest BCUT2D eigenvalue weighted by atomic mass is 9.91. The summed E-state index contributed by atoms with van der Waals surface area (Å²) >= 11 is 0. The minimum atomic E-state index is -0.413. The lowest BCUT2D eigenvalue weighted by Gasteiger charge is -2.30.